The average molecular weight is 204 g/mol. The summed E-state index contributed by atoms with van der Waals surface area (Å²) in [5.74, 6) is 0.826. The van der Waals surface area contributed by atoms with Crippen LogP contribution in [0.4, 0.5) is 5.69 Å². The van der Waals surface area contributed by atoms with Crippen LogP contribution in [0.2, 0.25) is 0 Å². The number of hydrogen-bond acceptors (Lipinski definition) is 3. The van der Waals surface area contributed by atoms with Crippen molar-refractivity contribution in [1.82, 2.24) is 5.32 Å². The fourth-order valence-corrected chi connectivity index (χ4v) is 2.82. The molecule has 15 heavy (non-hydrogen) atoms. The van der Waals surface area contributed by atoms with Gasteiger partial charge in [-0.25, -0.2) is 0 Å². The van der Waals surface area contributed by atoms with E-state index >= 15 is 0 Å². The lowest BCUT2D eigenvalue weighted by Gasteiger charge is -2.41. The highest BCUT2D eigenvalue weighted by Crippen LogP contribution is 2.40. The van der Waals surface area contributed by atoms with E-state index in [1.54, 1.807) is 0 Å². The Hall–Kier alpha value is -1.06. The lowest BCUT2D eigenvalue weighted by atomic mass is 9.77. The van der Waals surface area contributed by atoms with Crippen molar-refractivity contribution in [3.63, 3.8) is 0 Å². The van der Waals surface area contributed by atoms with Crippen LogP contribution in [0.15, 0.2) is 24.3 Å². The summed E-state index contributed by atoms with van der Waals surface area (Å²) in [5.41, 5.74) is 2.47. The Morgan fingerprint density at radius 1 is 1.27 bits per heavy atom. The van der Waals surface area contributed by atoms with Gasteiger partial charge < -0.3 is 15.7 Å². The first kappa shape index (κ1) is 9.19. The minimum absolute atomic E-state index is 0.314. The maximum Gasteiger partial charge on any atom is 0.129 e. The van der Waals surface area contributed by atoms with Crippen molar-refractivity contribution < 1.29 is 5.11 Å². The number of aliphatic hydroxyl groups is 1. The van der Waals surface area contributed by atoms with Crippen molar-refractivity contribution in [3.05, 3.63) is 29.8 Å². The quantitative estimate of drug-likeness (QED) is 0.593. The van der Waals surface area contributed by atoms with Crippen LogP contribution in [0.1, 0.15) is 17.9 Å². The molecule has 1 aromatic carbocycles. The zero-order valence-corrected chi connectivity index (χ0v) is 8.61. The second-order valence-corrected chi connectivity index (χ2v) is 4.44. The molecule has 3 heteroatoms. The molecule has 1 unspecified atom stereocenters. The lowest BCUT2D eigenvalue weighted by Crippen LogP contribution is -2.47. The molecule has 1 aromatic rings. The largest absolute Gasteiger partial charge is 0.373 e. The number of piperidine rings is 1. The molecule has 80 valence electrons. The zero-order chi connectivity index (χ0) is 10.3. The van der Waals surface area contributed by atoms with Gasteiger partial charge in [0.15, 0.2) is 0 Å². The van der Waals surface area contributed by atoms with Gasteiger partial charge >= 0.3 is 0 Å². The van der Waals surface area contributed by atoms with E-state index in [2.05, 4.69) is 28.8 Å². The van der Waals surface area contributed by atoms with Gasteiger partial charge in [0.05, 0.1) is 0 Å². The maximum absolute atomic E-state index is 10.0. The van der Waals surface area contributed by atoms with E-state index in [4.69, 9.17) is 0 Å². The monoisotopic (exact) mass is 204 g/mol. The summed E-state index contributed by atoms with van der Waals surface area (Å²) < 4.78 is 0. The van der Waals surface area contributed by atoms with E-state index in [0.717, 1.165) is 25.2 Å². The maximum atomic E-state index is 10.0. The van der Waals surface area contributed by atoms with Gasteiger partial charge in [-0.15, -0.1) is 0 Å². The Kier molecular flexibility index (Phi) is 2.15. The molecule has 0 aromatic heterocycles. The van der Waals surface area contributed by atoms with E-state index < -0.39 is 6.23 Å². The molecule has 3 nitrogen and oxygen atoms in total. The minimum Gasteiger partial charge on any atom is -0.373 e. The van der Waals surface area contributed by atoms with Crippen molar-refractivity contribution in [2.75, 3.05) is 18.4 Å². The molecule has 2 aliphatic rings. The number of para-hydroxylation sites is 1. The molecule has 1 saturated heterocycles. The predicted octanol–water partition coefficient (Wildman–Crippen LogP) is 1.12. The van der Waals surface area contributed by atoms with Crippen molar-refractivity contribution in [3.8, 4) is 0 Å². The van der Waals surface area contributed by atoms with Crippen LogP contribution < -0.4 is 10.6 Å². The molecule has 0 radical (unpaired) electrons. The van der Waals surface area contributed by atoms with Crippen LogP contribution in [-0.2, 0) is 0 Å². The first-order chi connectivity index (χ1) is 7.36. The third-order valence-electron chi connectivity index (χ3n) is 3.60. The Labute approximate surface area is 89.5 Å². The van der Waals surface area contributed by atoms with E-state index in [1.807, 2.05) is 6.07 Å². The molecule has 0 amide bonds. The molecule has 0 aliphatic carbocycles. The minimum atomic E-state index is -0.405. The van der Waals surface area contributed by atoms with Crippen molar-refractivity contribution in [2.24, 2.45) is 5.92 Å². The van der Waals surface area contributed by atoms with Gasteiger partial charge in [-0.2, -0.15) is 0 Å². The smallest absolute Gasteiger partial charge is 0.129 e. The molecule has 0 spiro atoms. The molecule has 0 bridgehead atoms. The fraction of sp³-hybridized carbons (Fsp3) is 0.500. The van der Waals surface area contributed by atoms with Gasteiger partial charge in [-0.05, 0) is 30.5 Å². The number of fused-ring (bicyclic) bond motifs is 3. The van der Waals surface area contributed by atoms with Gasteiger partial charge in [0, 0.05) is 18.2 Å². The average Bonchev–Trinajstić information content (AvgIpc) is 2.30. The van der Waals surface area contributed by atoms with E-state index in [9.17, 15) is 5.11 Å². The third kappa shape index (κ3) is 1.43. The Bertz CT molecular complexity index is 366. The van der Waals surface area contributed by atoms with Gasteiger partial charge in [0.1, 0.15) is 6.23 Å². The summed E-state index contributed by atoms with van der Waals surface area (Å²) in [7, 11) is 0. The summed E-state index contributed by atoms with van der Waals surface area (Å²) in [6.45, 7) is 1.97. The highest BCUT2D eigenvalue weighted by Gasteiger charge is 2.36. The van der Waals surface area contributed by atoms with Crippen LogP contribution in [-0.4, -0.2) is 24.4 Å². The molecule has 3 atom stereocenters. The Balaban J connectivity index is 2.02. The van der Waals surface area contributed by atoms with Gasteiger partial charge in [-0.1, -0.05) is 18.2 Å². The lowest BCUT2D eigenvalue weighted by molar-refractivity contribution is 0.0949. The molecular formula is C12H16N2O. The number of aliphatic hydroxyl groups excluding tert-OH is 1. The standard InChI is InChI=1S/C12H16N2O/c15-12-10-7-13-6-5-8(10)9-3-1-2-4-11(9)14-12/h1-4,8,10,12-15H,5-7H2/t8-,10-,12?/m0/s1. The van der Waals surface area contributed by atoms with Crippen LogP contribution in [0.5, 0.6) is 0 Å². The molecular weight excluding hydrogens is 188 g/mol. The summed E-state index contributed by atoms with van der Waals surface area (Å²) in [6, 6.07) is 8.32. The van der Waals surface area contributed by atoms with E-state index in [0.29, 0.717) is 11.8 Å². The van der Waals surface area contributed by atoms with Gasteiger partial charge in [-0.3, -0.25) is 0 Å². The summed E-state index contributed by atoms with van der Waals surface area (Å²) in [5, 5.41) is 16.5. The second kappa shape index (κ2) is 3.51. The number of nitrogens with one attached hydrogen (secondary N) is 2. The van der Waals surface area contributed by atoms with Gasteiger partial charge in [0.25, 0.3) is 0 Å². The highest BCUT2D eigenvalue weighted by molar-refractivity contribution is 5.56. The first-order valence-corrected chi connectivity index (χ1v) is 5.60. The zero-order valence-electron chi connectivity index (χ0n) is 8.61. The topological polar surface area (TPSA) is 44.3 Å². The third-order valence-corrected chi connectivity index (χ3v) is 3.60. The van der Waals surface area contributed by atoms with E-state index in [1.165, 1.54) is 5.56 Å². The predicted molar refractivity (Wildman–Crippen MR) is 59.8 cm³/mol. The molecule has 3 rings (SSSR count). The van der Waals surface area contributed by atoms with Crippen LogP contribution in [0, 0.1) is 5.92 Å². The number of hydrogen-bond donors (Lipinski definition) is 3. The first-order valence-electron chi connectivity index (χ1n) is 5.60. The second-order valence-electron chi connectivity index (χ2n) is 4.44. The molecule has 3 N–H and O–H groups in total. The van der Waals surface area contributed by atoms with Crippen LogP contribution in [0.25, 0.3) is 0 Å². The van der Waals surface area contributed by atoms with Crippen molar-refractivity contribution >= 4 is 5.69 Å². The SMILES string of the molecule is OC1Nc2ccccc2[C@@H]2CCNC[C@H]12. The van der Waals surface area contributed by atoms with E-state index in [-0.39, 0.29) is 0 Å². The highest BCUT2D eigenvalue weighted by atomic mass is 16.3. The molecule has 2 aliphatic heterocycles. The number of rotatable bonds is 0. The molecule has 0 saturated carbocycles. The van der Waals surface area contributed by atoms with Crippen LogP contribution in [0.3, 0.4) is 0 Å². The normalized spacial score (nSPS) is 33.8. The van der Waals surface area contributed by atoms with Crippen molar-refractivity contribution in [1.29, 1.82) is 0 Å². The Morgan fingerprint density at radius 3 is 3.07 bits per heavy atom. The van der Waals surface area contributed by atoms with Crippen molar-refractivity contribution in [2.45, 2.75) is 18.6 Å². The fourth-order valence-electron chi connectivity index (χ4n) is 2.82. The number of benzene rings is 1. The Morgan fingerprint density at radius 2 is 2.13 bits per heavy atom. The number of anilines is 1. The molecule has 2 heterocycles. The van der Waals surface area contributed by atoms with Gasteiger partial charge in [0.2, 0.25) is 0 Å². The van der Waals surface area contributed by atoms with Crippen LogP contribution >= 0.6 is 0 Å². The molecule has 1 fully saturated rings. The summed E-state index contributed by atoms with van der Waals surface area (Å²) in [4.78, 5) is 0. The summed E-state index contributed by atoms with van der Waals surface area (Å²) in [6.07, 6.45) is 0.721. The summed E-state index contributed by atoms with van der Waals surface area (Å²) >= 11 is 0.